The molecule has 1 atom stereocenters. The van der Waals surface area contributed by atoms with Crippen LogP contribution in [0.4, 0.5) is 0 Å². The lowest BCUT2D eigenvalue weighted by Gasteiger charge is -2.16. The predicted octanol–water partition coefficient (Wildman–Crippen LogP) is 2.33. The normalized spacial score (nSPS) is 23.6. The van der Waals surface area contributed by atoms with Gasteiger partial charge in [-0.15, -0.1) is 11.6 Å². The van der Waals surface area contributed by atoms with Crippen molar-refractivity contribution in [2.45, 2.75) is 24.7 Å². The van der Waals surface area contributed by atoms with Crippen LogP contribution in [0.2, 0.25) is 0 Å². The van der Waals surface area contributed by atoms with Crippen LogP contribution in [0.1, 0.15) is 18.9 Å². The summed E-state index contributed by atoms with van der Waals surface area (Å²) in [5.41, 5.74) is 0.0281. The molecule has 1 aliphatic rings. The van der Waals surface area contributed by atoms with Gasteiger partial charge in [-0.1, -0.05) is 35.5 Å². The molecular weight excluding hydrogens is 274 g/mol. The van der Waals surface area contributed by atoms with Crippen molar-refractivity contribution in [1.82, 2.24) is 0 Å². The van der Waals surface area contributed by atoms with Gasteiger partial charge in [-0.3, -0.25) is 0 Å². The lowest BCUT2D eigenvalue weighted by molar-refractivity contribution is 0.0152. The van der Waals surface area contributed by atoms with Gasteiger partial charge in [0.15, 0.2) is 20.5 Å². The first-order chi connectivity index (χ1) is 8.45. The molecule has 1 aliphatic heterocycles. The van der Waals surface area contributed by atoms with Crippen molar-refractivity contribution in [3.63, 3.8) is 0 Å². The zero-order valence-electron chi connectivity index (χ0n) is 9.97. The minimum absolute atomic E-state index is 0.0611. The van der Waals surface area contributed by atoms with E-state index in [1.54, 1.807) is 31.2 Å². The Morgan fingerprint density at radius 2 is 2.06 bits per heavy atom. The Hall–Kier alpha value is -1.07. The molecule has 0 saturated heterocycles. The van der Waals surface area contributed by atoms with E-state index < -0.39 is 15.4 Å². The average Bonchev–Trinajstić information content (AvgIpc) is 2.74. The van der Waals surface area contributed by atoms with E-state index in [4.69, 9.17) is 16.4 Å². The van der Waals surface area contributed by atoms with Crippen LogP contribution in [0.3, 0.4) is 0 Å². The minimum atomic E-state index is -3.43. The first-order valence-corrected chi connectivity index (χ1v) is 7.72. The zero-order chi connectivity index (χ0) is 13.2. The molecule has 0 spiro atoms. The number of alkyl halides is 1. The standard InChI is InChI=1S/C12H14ClNO3S/c1-12(9-13)7-11(14-17-12)18(15,16)8-10-5-3-2-4-6-10/h2-6H,7-9H2,1H3. The zero-order valence-corrected chi connectivity index (χ0v) is 11.5. The predicted molar refractivity (Wildman–Crippen MR) is 71.3 cm³/mol. The first-order valence-electron chi connectivity index (χ1n) is 5.53. The topological polar surface area (TPSA) is 55.7 Å². The van der Waals surface area contributed by atoms with E-state index in [-0.39, 0.29) is 23.1 Å². The Labute approximate surface area is 112 Å². The minimum Gasteiger partial charge on any atom is -0.387 e. The van der Waals surface area contributed by atoms with Gasteiger partial charge in [-0.05, 0) is 12.5 Å². The molecule has 0 saturated carbocycles. The highest BCUT2D eigenvalue weighted by Crippen LogP contribution is 2.27. The van der Waals surface area contributed by atoms with Crippen molar-refractivity contribution >= 4 is 26.5 Å². The maximum atomic E-state index is 12.2. The van der Waals surface area contributed by atoms with E-state index in [9.17, 15) is 8.42 Å². The number of nitrogens with zero attached hydrogens (tertiary/aromatic N) is 1. The molecule has 6 heteroatoms. The quantitative estimate of drug-likeness (QED) is 0.802. The van der Waals surface area contributed by atoms with E-state index >= 15 is 0 Å². The van der Waals surface area contributed by atoms with E-state index in [0.29, 0.717) is 0 Å². The monoisotopic (exact) mass is 287 g/mol. The molecule has 2 rings (SSSR count). The van der Waals surface area contributed by atoms with Gasteiger partial charge in [0.05, 0.1) is 11.6 Å². The molecule has 4 nitrogen and oxygen atoms in total. The van der Waals surface area contributed by atoms with Crippen molar-refractivity contribution in [3.8, 4) is 0 Å². The van der Waals surface area contributed by atoms with Crippen LogP contribution in [0.25, 0.3) is 0 Å². The lowest BCUT2D eigenvalue weighted by Crippen LogP contribution is -2.28. The summed E-state index contributed by atoms with van der Waals surface area (Å²) < 4.78 is 24.3. The van der Waals surface area contributed by atoms with Crippen LogP contribution in [-0.2, 0) is 20.4 Å². The fourth-order valence-electron chi connectivity index (χ4n) is 1.66. The second-order valence-corrected chi connectivity index (χ2v) is 6.84. The van der Waals surface area contributed by atoms with E-state index in [1.807, 2.05) is 6.07 Å². The van der Waals surface area contributed by atoms with E-state index in [1.165, 1.54) is 0 Å². The molecule has 1 unspecified atom stereocenters. The Balaban J connectivity index is 2.14. The molecule has 0 aliphatic carbocycles. The molecule has 0 aromatic heterocycles. The number of rotatable bonds is 3. The van der Waals surface area contributed by atoms with Crippen molar-refractivity contribution in [1.29, 1.82) is 0 Å². The lowest BCUT2D eigenvalue weighted by atomic mass is 10.1. The van der Waals surface area contributed by atoms with E-state index in [0.717, 1.165) is 5.56 Å². The Morgan fingerprint density at radius 3 is 2.61 bits per heavy atom. The third kappa shape index (κ3) is 2.84. The number of sulfone groups is 1. The second-order valence-electron chi connectivity index (χ2n) is 4.58. The summed E-state index contributed by atoms with van der Waals surface area (Å²) >= 11 is 5.73. The van der Waals surface area contributed by atoms with Crippen molar-refractivity contribution < 1.29 is 13.3 Å². The highest BCUT2D eigenvalue weighted by Gasteiger charge is 2.38. The van der Waals surface area contributed by atoms with E-state index in [2.05, 4.69) is 5.16 Å². The molecule has 0 N–H and O–H groups in total. The molecule has 1 aromatic carbocycles. The van der Waals surface area contributed by atoms with Gasteiger partial charge in [0.1, 0.15) is 0 Å². The SMILES string of the molecule is CC1(CCl)CC(S(=O)(=O)Cc2ccccc2)=NO1. The molecule has 0 amide bonds. The first kappa shape index (κ1) is 13.4. The fourth-order valence-corrected chi connectivity index (χ4v) is 3.28. The summed E-state index contributed by atoms with van der Waals surface area (Å²) in [7, 11) is -3.43. The Bertz CT molecular complexity index is 556. The number of halogens is 1. The summed E-state index contributed by atoms with van der Waals surface area (Å²) in [5.74, 6) is 0.148. The van der Waals surface area contributed by atoms with Gasteiger partial charge in [0.2, 0.25) is 0 Å². The van der Waals surface area contributed by atoms with Crippen LogP contribution in [-0.4, -0.2) is 24.9 Å². The summed E-state index contributed by atoms with van der Waals surface area (Å²) in [6.45, 7) is 1.74. The largest absolute Gasteiger partial charge is 0.387 e. The summed E-state index contributed by atoms with van der Waals surface area (Å²) in [4.78, 5) is 5.10. The van der Waals surface area contributed by atoms with Crippen LogP contribution in [0.5, 0.6) is 0 Å². The molecule has 1 aromatic rings. The third-order valence-corrected chi connectivity index (χ3v) is 4.95. The average molecular weight is 288 g/mol. The van der Waals surface area contributed by atoms with Crippen LogP contribution in [0, 0.1) is 0 Å². The van der Waals surface area contributed by atoms with Gasteiger partial charge < -0.3 is 4.84 Å². The summed E-state index contributed by atoms with van der Waals surface area (Å²) in [6, 6.07) is 9.00. The highest BCUT2D eigenvalue weighted by atomic mass is 35.5. The molecule has 0 fully saturated rings. The number of hydrogen-bond donors (Lipinski definition) is 0. The molecule has 0 bridgehead atoms. The van der Waals surface area contributed by atoms with Crippen LogP contribution in [0.15, 0.2) is 35.5 Å². The third-order valence-electron chi connectivity index (χ3n) is 2.73. The smallest absolute Gasteiger partial charge is 0.199 e. The molecule has 18 heavy (non-hydrogen) atoms. The number of oxime groups is 1. The van der Waals surface area contributed by atoms with Gasteiger partial charge in [-0.2, -0.15) is 0 Å². The van der Waals surface area contributed by atoms with Gasteiger partial charge in [-0.25, -0.2) is 8.42 Å². The maximum absolute atomic E-state index is 12.2. The highest BCUT2D eigenvalue weighted by molar-refractivity contribution is 8.05. The van der Waals surface area contributed by atoms with Gasteiger partial charge >= 0.3 is 0 Å². The van der Waals surface area contributed by atoms with Gasteiger partial charge in [0.25, 0.3) is 0 Å². The fraction of sp³-hybridized carbons (Fsp3) is 0.417. The van der Waals surface area contributed by atoms with Crippen molar-refractivity contribution in [2.24, 2.45) is 5.16 Å². The molecule has 0 radical (unpaired) electrons. The van der Waals surface area contributed by atoms with Crippen LogP contribution < -0.4 is 0 Å². The van der Waals surface area contributed by atoms with Gasteiger partial charge in [0, 0.05) is 6.42 Å². The Kier molecular flexibility index (Phi) is 3.64. The number of benzene rings is 1. The molecule has 98 valence electrons. The maximum Gasteiger partial charge on any atom is 0.199 e. The van der Waals surface area contributed by atoms with Crippen LogP contribution >= 0.6 is 11.6 Å². The Morgan fingerprint density at radius 1 is 1.39 bits per heavy atom. The second kappa shape index (κ2) is 4.90. The molecule has 1 heterocycles. The van der Waals surface area contributed by atoms with Crippen molar-refractivity contribution in [2.75, 3.05) is 5.88 Å². The number of hydrogen-bond acceptors (Lipinski definition) is 4. The van der Waals surface area contributed by atoms with Crippen molar-refractivity contribution in [3.05, 3.63) is 35.9 Å². The molecular formula is C12H14ClNO3S. The summed E-state index contributed by atoms with van der Waals surface area (Å²) in [6.07, 6.45) is 0.228. The summed E-state index contributed by atoms with van der Waals surface area (Å²) in [5, 5.41) is 3.75.